The first-order chi connectivity index (χ1) is 8.90. The summed E-state index contributed by atoms with van der Waals surface area (Å²) < 4.78 is 1.52. The minimum atomic E-state index is 0. The topological polar surface area (TPSA) is 104 Å². The van der Waals surface area contributed by atoms with Crippen molar-refractivity contribution in [3.05, 3.63) is 30.6 Å². The molecule has 2 aromatic heterocycles. The fourth-order valence-corrected chi connectivity index (χ4v) is 1.68. The number of rotatable bonds is 2. The predicted octanol–water partition coefficient (Wildman–Crippen LogP) is -1.65. The van der Waals surface area contributed by atoms with Crippen LogP contribution in [0.3, 0.4) is 0 Å². The Bertz CT molecular complexity index is 787. The summed E-state index contributed by atoms with van der Waals surface area (Å²) >= 11 is 0. The van der Waals surface area contributed by atoms with E-state index in [-0.39, 0.29) is 29.6 Å². The molecule has 19 heavy (non-hydrogen) atoms. The smallest absolute Gasteiger partial charge is 0.198 e. The first kappa shape index (κ1) is 13.4. The number of fused-ring (bicyclic) bond motifs is 3. The molecule has 8 nitrogen and oxygen atoms in total. The minimum absolute atomic E-state index is 0. The second-order valence-electron chi connectivity index (χ2n) is 3.39. The molecular weight excluding hydrogens is 255 g/mol. The van der Waals surface area contributed by atoms with Crippen LogP contribution in [0.5, 0.6) is 0 Å². The second-order valence-corrected chi connectivity index (χ2v) is 3.39. The van der Waals surface area contributed by atoms with E-state index in [0.717, 1.165) is 10.8 Å². The van der Waals surface area contributed by atoms with Crippen molar-refractivity contribution in [2.75, 3.05) is 0 Å². The van der Waals surface area contributed by atoms with Crippen LogP contribution in [-0.4, -0.2) is 19.8 Å². The van der Waals surface area contributed by atoms with Gasteiger partial charge in [-0.2, -0.15) is 15.2 Å². The van der Waals surface area contributed by atoms with Gasteiger partial charge in [0.05, 0.1) is 0 Å². The quantitative estimate of drug-likeness (QED) is 0.196. The molecule has 0 amide bonds. The predicted molar refractivity (Wildman–Crippen MR) is 61.6 cm³/mol. The number of benzene rings is 1. The normalized spacial score (nSPS) is 10.5. The SMILES string of the molecule is N#CNN=Nc1nn2cnnc2c2ccccc12.[Na+]. The van der Waals surface area contributed by atoms with Crippen molar-refractivity contribution >= 4 is 22.2 Å². The molecule has 0 aliphatic rings. The van der Waals surface area contributed by atoms with Gasteiger partial charge < -0.3 is 0 Å². The largest absolute Gasteiger partial charge is 1.00 e. The Morgan fingerprint density at radius 1 is 1.26 bits per heavy atom. The van der Waals surface area contributed by atoms with Gasteiger partial charge >= 0.3 is 29.6 Å². The summed E-state index contributed by atoms with van der Waals surface area (Å²) in [6.45, 7) is 0. The fourth-order valence-electron chi connectivity index (χ4n) is 1.68. The standard InChI is InChI=1S/C10H6N8.Na/c11-5-12-17-14-9-7-3-1-2-4-8(7)10-15-13-6-18(10)16-9;/h1-4,6H,(H,12,14,16);/q;+1. The maximum absolute atomic E-state index is 8.34. The first-order valence-electron chi connectivity index (χ1n) is 5.04. The zero-order chi connectivity index (χ0) is 12.4. The van der Waals surface area contributed by atoms with Crippen LogP contribution in [0, 0.1) is 11.5 Å². The zero-order valence-electron chi connectivity index (χ0n) is 10.0. The number of hydrogen-bond donors (Lipinski definition) is 1. The Labute approximate surface area is 129 Å². The molecule has 0 spiro atoms. The van der Waals surface area contributed by atoms with Gasteiger partial charge in [-0.05, 0) is 0 Å². The molecule has 3 aromatic rings. The number of hydrogen-bond acceptors (Lipinski definition) is 6. The molecule has 0 aliphatic carbocycles. The van der Waals surface area contributed by atoms with Crippen LogP contribution in [0.15, 0.2) is 40.9 Å². The van der Waals surface area contributed by atoms with Crippen molar-refractivity contribution in [1.82, 2.24) is 25.2 Å². The average molecular weight is 261 g/mol. The van der Waals surface area contributed by atoms with E-state index in [4.69, 9.17) is 5.26 Å². The van der Waals surface area contributed by atoms with Gasteiger partial charge in [0.1, 0.15) is 6.33 Å². The van der Waals surface area contributed by atoms with E-state index in [1.807, 2.05) is 24.3 Å². The molecule has 0 saturated carbocycles. The summed E-state index contributed by atoms with van der Waals surface area (Å²) in [6, 6.07) is 7.52. The Morgan fingerprint density at radius 2 is 2.05 bits per heavy atom. The van der Waals surface area contributed by atoms with E-state index in [0.29, 0.717) is 11.5 Å². The molecule has 0 bridgehead atoms. The maximum atomic E-state index is 8.34. The third kappa shape index (κ3) is 2.39. The van der Waals surface area contributed by atoms with Crippen LogP contribution < -0.4 is 35.0 Å². The molecular formula is C10H6N8Na+. The van der Waals surface area contributed by atoms with Crippen molar-refractivity contribution in [2.45, 2.75) is 0 Å². The Morgan fingerprint density at radius 3 is 2.84 bits per heavy atom. The van der Waals surface area contributed by atoms with Crippen LogP contribution in [0.2, 0.25) is 0 Å². The summed E-state index contributed by atoms with van der Waals surface area (Å²) in [7, 11) is 0. The van der Waals surface area contributed by atoms with E-state index < -0.39 is 0 Å². The van der Waals surface area contributed by atoms with Crippen molar-refractivity contribution < 1.29 is 29.6 Å². The van der Waals surface area contributed by atoms with Crippen LogP contribution in [0.25, 0.3) is 16.4 Å². The van der Waals surface area contributed by atoms with Gasteiger partial charge in [-0.3, -0.25) is 0 Å². The molecule has 3 rings (SSSR count). The fraction of sp³-hybridized carbons (Fsp3) is 0. The molecule has 0 aliphatic heterocycles. The summed E-state index contributed by atoms with van der Waals surface area (Å²) in [4.78, 5) is 0. The molecule has 86 valence electrons. The van der Waals surface area contributed by atoms with E-state index in [2.05, 4.69) is 31.1 Å². The van der Waals surface area contributed by atoms with Crippen LogP contribution in [-0.2, 0) is 0 Å². The second kappa shape index (κ2) is 5.71. The zero-order valence-corrected chi connectivity index (χ0v) is 12.0. The van der Waals surface area contributed by atoms with Crippen LogP contribution in [0.1, 0.15) is 0 Å². The number of nitrogens with one attached hydrogen (secondary N) is 1. The Balaban J connectivity index is 0.00000133. The Kier molecular flexibility index (Phi) is 4.01. The molecule has 9 heteroatoms. The van der Waals surface area contributed by atoms with E-state index in [9.17, 15) is 0 Å². The van der Waals surface area contributed by atoms with Crippen molar-refractivity contribution in [3.63, 3.8) is 0 Å². The van der Waals surface area contributed by atoms with Gasteiger partial charge in [0.2, 0.25) is 5.82 Å². The van der Waals surface area contributed by atoms with Crippen molar-refractivity contribution in [1.29, 1.82) is 5.26 Å². The molecule has 0 saturated heterocycles. The molecule has 1 N–H and O–H groups in total. The third-order valence-corrected chi connectivity index (χ3v) is 2.39. The third-order valence-electron chi connectivity index (χ3n) is 2.39. The maximum Gasteiger partial charge on any atom is 1.00 e. The van der Waals surface area contributed by atoms with Gasteiger partial charge in [-0.1, -0.05) is 29.5 Å². The van der Waals surface area contributed by atoms with E-state index in [1.54, 1.807) is 6.19 Å². The molecule has 1 aromatic carbocycles. The first-order valence-corrected chi connectivity index (χ1v) is 5.04. The summed E-state index contributed by atoms with van der Waals surface area (Å²) in [5.74, 6) is 0.389. The molecule has 0 atom stereocenters. The summed E-state index contributed by atoms with van der Waals surface area (Å²) in [5, 5.41) is 29.4. The summed E-state index contributed by atoms with van der Waals surface area (Å²) in [5.41, 5.74) is 2.74. The van der Waals surface area contributed by atoms with Gasteiger partial charge in [0.15, 0.2) is 11.8 Å². The number of nitrogens with zero attached hydrogens (tertiary/aromatic N) is 7. The molecule has 0 radical (unpaired) electrons. The summed E-state index contributed by atoms with van der Waals surface area (Å²) in [6.07, 6.45) is 3.13. The Hall–Kier alpha value is -2.08. The molecule has 0 unspecified atom stereocenters. The molecule has 0 fully saturated rings. The van der Waals surface area contributed by atoms with E-state index in [1.165, 1.54) is 10.8 Å². The monoisotopic (exact) mass is 261 g/mol. The van der Waals surface area contributed by atoms with E-state index >= 15 is 0 Å². The number of nitriles is 1. The molecule has 2 heterocycles. The average Bonchev–Trinajstić information content (AvgIpc) is 2.87. The van der Waals surface area contributed by atoms with Gasteiger partial charge in [-0.25, -0.2) is 0 Å². The van der Waals surface area contributed by atoms with Crippen LogP contribution in [0.4, 0.5) is 5.82 Å². The van der Waals surface area contributed by atoms with Crippen molar-refractivity contribution in [2.24, 2.45) is 10.3 Å². The van der Waals surface area contributed by atoms with Gasteiger partial charge in [0.25, 0.3) is 0 Å². The van der Waals surface area contributed by atoms with Crippen molar-refractivity contribution in [3.8, 4) is 6.19 Å². The van der Waals surface area contributed by atoms with Gasteiger partial charge in [-0.15, -0.1) is 20.4 Å². The minimum Gasteiger partial charge on any atom is -0.198 e. The van der Waals surface area contributed by atoms with Crippen LogP contribution >= 0.6 is 0 Å². The van der Waals surface area contributed by atoms with Gasteiger partial charge in [0, 0.05) is 10.8 Å². The number of aromatic nitrogens is 4.